The number of anilines is 1. The van der Waals surface area contributed by atoms with E-state index >= 15 is 0 Å². The lowest BCUT2D eigenvalue weighted by Crippen LogP contribution is -2.05. The molecule has 0 saturated heterocycles. The van der Waals surface area contributed by atoms with E-state index in [1.54, 1.807) is 24.3 Å². The van der Waals surface area contributed by atoms with Gasteiger partial charge >= 0.3 is 5.97 Å². The minimum absolute atomic E-state index is 0.0998. The number of carbonyl (C=O) groups is 1. The first-order valence-corrected chi connectivity index (χ1v) is 10.2. The van der Waals surface area contributed by atoms with Gasteiger partial charge in [0.2, 0.25) is 0 Å². The van der Waals surface area contributed by atoms with Gasteiger partial charge < -0.3 is 24.6 Å². The molecule has 0 aromatic heterocycles. The third-order valence-electron chi connectivity index (χ3n) is 4.65. The number of rotatable bonds is 9. The zero-order valence-corrected chi connectivity index (χ0v) is 18.8. The van der Waals surface area contributed by atoms with Crippen LogP contribution in [0, 0.1) is 5.82 Å². The second-order valence-electron chi connectivity index (χ2n) is 6.69. The number of hydrogen-bond donors (Lipinski definition) is 2. The maximum atomic E-state index is 13.2. The second-order valence-corrected chi connectivity index (χ2v) is 7.51. The molecule has 0 radical (unpaired) electrons. The number of carboxylic acids is 1. The summed E-state index contributed by atoms with van der Waals surface area (Å²) in [7, 11) is 2.99. The van der Waals surface area contributed by atoms with Crippen molar-refractivity contribution < 1.29 is 28.5 Å². The Bertz CT molecular complexity index is 1140. The van der Waals surface area contributed by atoms with E-state index in [0.717, 1.165) is 0 Å². The van der Waals surface area contributed by atoms with Gasteiger partial charge in [-0.3, -0.25) is 0 Å². The highest BCUT2D eigenvalue weighted by Crippen LogP contribution is 2.35. The van der Waals surface area contributed by atoms with E-state index in [1.807, 2.05) is 0 Å². The summed E-state index contributed by atoms with van der Waals surface area (Å²) in [5, 5.41) is 13.0. The van der Waals surface area contributed by atoms with Gasteiger partial charge in [-0.2, -0.15) is 0 Å². The number of benzene rings is 3. The zero-order valence-electron chi connectivity index (χ0n) is 17.2. The summed E-state index contributed by atoms with van der Waals surface area (Å²) < 4.78 is 29.7. The van der Waals surface area contributed by atoms with Crippen LogP contribution in [-0.2, 0) is 13.2 Å². The number of aromatic carboxylic acids is 1. The van der Waals surface area contributed by atoms with Crippen LogP contribution in [0.5, 0.6) is 17.2 Å². The molecule has 0 aliphatic rings. The molecule has 168 valence electrons. The Hall–Kier alpha value is -3.16. The molecule has 0 fully saturated rings. The Kier molecular flexibility index (Phi) is 7.66. The van der Waals surface area contributed by atoms with E-state index in [-0.39, 0.29) is 23.7 Å². The smallest absolute Gasteiger partial charge is 0.335 e. The van der Waals surface area contributed by atoms with Crippen molar-refractivity contribution in [3.8, 4) is 17.2 Å². The van der Waals surface area contributed by atoms with E-state index in [1.165, 1.54) is 38.5 Å². The largest absolute Gasteiger partial charge is 0.495 e. The average molecular weight is 480 g/mol. The first-order valence-electron chi connectivity index (χ1n) is 9.40. The van der Waals surface area contributed by atoms with Crippen molar-refractivity contribution in [2.75, 3.05) is 19.5 Å². The molecule has 32 heavy (non-hydrogen) atoms. The van der Waals surface area contributed by atoms with E-state index in [0.29, 0.717) is 39.1 Å². The molecule has 3 aromatic rings. The number of ether oxygens (including phenoxy) is 3. The Labute approximate surface area is 194 Å². The Balaban J connectivity index is 1.78. The van der Waals surface area contributed by atoms with Gasteiger partial charge in [-0.05, 0) is 42.0 Å². The molecule has 2 N–H and O–H groups in total. The molecule has 0 atom stereocenters. The highest BCUT2D eigenvalue weighted by atomic mass is 35.5. The lowest BCUT2D eigenvalue weighted by atomic mass is 10.1. The first-order chi connectivity index (χ1) is 15.3. The molecule has 3 aromatic carbocycles. The lowest BCUT2D eigenvalue weighted by molar-refractivity contribution is 0.0697. The number of nitrogens with one attached hydrogen (secondary N) is 1. The predicted octanol–water partition coefficient (Wildman–Crippen LogP) is 6.04. The molecule has 0 bridgehead atoms. The van der Waals surface area contributed by atoms with Gasteiger partial charge in [-0.15, -0.1) is 0 Å². The minimum Gasteiger partial charge on any atom is -0.495 e. The molecular formula is C23H20Cl2FNO5. The lowest BCUT2D eigenvalue weighted by Gasteiger charge is -2.16. The van der Waals surface area contributed by atoms with Gasteiger partial charge in [0.25, 0.3) is 0 Å². The molecule has 3 rings (SSSR count). The monoisotopic (exact) mass is 479 g/mol. The maximum absolute atomic E-state index is 13.2. The Morgan fingerprint density at radius 3 is 2.31 bits per heavy atom. The van der Waals surface area contributed by atoms with Gasteiger partial charge in [-0.25, -0.2) is 9.18 Å². The highest BCUT2D eigenvalue weighted by molar-refractivity contribution is 6.31. The quantitative estimate of drug-likeness (QED) is 0.389. The van der Waals surface area contributed by atoms with Gasteiger partial charge in [0.1, 0.15) is 18.2 Å². The number of methoxy groups -OCH3 is 2. The summed E-state index contributed by atoms with van der Waals surface area (Å²) in [5.74, 6) is -0.142. The molecule has 0 amide bonds. The third-order valence-corrected chi connectivity index (χ3v) is 5.35. The summed E-state index contributed by atoms with van der Waals surface area (Å²) in [6, 6.07) is 11.9. The molecule has 9 heteroatoms. The van der Waals surface area contributed by atoms with Crippen LogP contribution in [0.15, 0.2) is 48.5 Å². The zero-order chi connectivity index (χ0) is 23.3. The minimum atomic E-state index is -1.04. The van der Waals surface area contributed by atoms with Gasteiger partial charge in [0.05, 0.1) is 30.5 Å². The first kappa shape index (κ1) is 23.5. The highest BCUT2D eigenvalue weighted by Gasteiger charge is 2.14. The van der Waals surface area contributed by atoms with Crippen LogP contribution in [0.3, 0.4) is 0 Å². The van der Waals surface area contributed by atoms with E-state index < -0.39 is 11.8 Å². The maximum Gasteiger partial charge on any atom is 0.335 e. The Morgan fingerprint density at radius 1 is 0.938 bits per heavy atom. The molecule has 0 heterocycles. The van der Waals surface area contributed by atoms with Crippen LogP contribution in [0.1, 0.15) is 21.5 Å². The van der Waals surface area contributed by atoms with Crippen molar-refractivity contribution in [3.63, 3.8) is 0 Å². The van der Waals surface area contributed by atoms with Crippen molar-refractivity contribution in [2.45, 2.75) is 13.2 Å². The fourth-order valence-corrected chi connectivity index (χ4v) is 3.39. The van der Waals surface area contributed by atoms with Crippen LogP contribution in [0.4, 0.5) is 10.1 Å². The molecule has 0 saturated carbocycles. The van der Waals surface area contributed by atoms with E-state index in [4.69, 9.17) is 37.4 Å². The topological polar surface area (TPSA) is 77.0 Å². The molecular weight excluding hydrogens is 460 g/mol. The molecule has 0 aliphatic heterocycles. The van der Waals surface area contributed by atoms with Crippen molar-refractivity contribution in [1.29, 1.82) is 0 Å². The van der Waals surface area contributed by atoms with Crippen LogP contribution in [0.25, 0.3) is 0 Å². The number of carboxylic acid groups (broad SMARTS) is 1. The Morgan fingerprint density at radius 2 is 1.66 bits per heavy atom. The number of hydrogen-bond acceptors (Lipinski definition) is 5. The summed E-state index contributed by atoms with van der Waals surface area (Å²) in [4.78, 5) is 11.3. The van der Waals surface area contributed by atoms with Crippen molar-refractivity contribution in [2.24, 2.45) is 0 Å². The summed E-state index contributed by atoms with van der Waals surface area (Å²) in [5.41, 5.74) is 1.94. The van der Waals surface area contributed by atoms with E-state index in [9.17, 15) is 14.3 Å². The van der Waals surface area contributed by atoms with Crippen molar-refractivity contribution in [1.82, 2.24) is 0 Å². The predicted molar refractivity (Wildman–Crippen MR) is 121 cm³/mol. The molecule has 6 nitrogen and oxygen atoms in total. The normalized spacial score (nSPS) is 10.5. The summed E-state index contributed by atoms with van der Waals surface area (Å²) in [6.45, 7) is 0.376. The summed E-state index contributed by atoms with van der Waals surface area (Å²) in [6.07, 6.45) is 0. The van der Waals surface area contributed by atoms with Crippen LogP contribution < -0.4 is 19.5 Å². The van der Waals surface area contributed by atoms with Crippen LogP contribution in [-0.4, -0.2) is 25.3 Å². The fourth-order valence-electron chi connectivity index (χ4n) is 2.95. The third kappa shape index (κ3) is 5.55. The number of halogens is 3. The van der Waals surface area contributed by atoms with Gasteiger partial charge in [0.15, 0.2) is 11.5 Å². The van der Waals surface area contributed by atoms with Gasteiger partial charge in [-0.1, -0.05) is 29.3 Å². The molecule has 0 unspecified atom stereocenters. The summed E-state index contributed by atoms with van der Waals surface area (Å²) >= 11 is 12.5. The average Bonchev–Trinajstić information content (AvgIpc) is 2.77. The van der Waals surface area contributed by atoms with E-state index in [2.05, 4.69) is 5.32 Å². The van der Waals surface area contributed by atoms with Crippen molar-refractivity contribution in [3.05, 3.63) is 81.1 Å². The standard InChI is InChI=1S/C23H20Cl2FNO5/c1-30-20-6-4-13(23(28)29)7-19(20)27-11-15-8-21(31-2)22(10-18(15)25)32-12-14-3-5-16(26)9-17(14)24/h3-10,27H,11-12H2,1-2H3,(H,28,29). The second kappa shape index (κ2) is 10.4. The molecule has 0 spiro atoms. The van der Waals surface area contributed by atoms with Crippen LogP contribution in [0.2, 0.25) is 10.0 Å². The molecule has 0 aliphatic carbocycles. The SMILES string of the molecule is COc1ccc(C(=O)O)cc1NCc1cc(OC)c(OCc2ccc(F)cc2Cl)cc1Cl. The van der Waals surface area contributed by atoms with Gasteiger partial charge in [0, 0.05) is 23.2 Å². The fraction of sp³-hybridized carbons (Fsp3) is 0.174. The van der Waals surface area contributed by atoms with Crippen LogP contribution >= 0.6 is 23.2 Å². The van der Waals surface area contributed by atoms with Crippen molar-refractivity contribution >= 4 is 34.9 Å².